The number of halogens is 1. The fourth-order valence-corrected chi connectivity index (χ4v) is 8.01. The summed E-state index contributed by atoms with van der Waals surface area (Å²) >= 11 is 3.97. The highest BCUT2D eigenvalue weighted by Gasteiger charge is 2.51. The van der Waals surface area contributed by atoms with Crippen molar-refractivity contribution in [1.29, 1.82) is 0 Å². The zero-order valence-electron chi connectivity index (χ0n) is 23.1. The molecule has 0 bridgehead atoms. The van der Waals surface area contributed by atoms with Crippen LogP contribution in [-0.2, 0) is 23.7 Å². The van der Waals surface area contributed by atoms with Crippen LogP contribution in [0, 0.1) is 17.8 Å². The number of unbranched alkanes of at least 4 members (excludes halogenated alkanes) is 1. The first-order chi connectivity index (χ1) is 18.2. The van der Waals surface area contributed by atoms with Gasteiger partial charge in [0.2, 0.25) is 0 Å². The van der Waals surface area contributed by atoms with Gasteiger partial charge in [0.1, 0.15) is 0 Å². The Kier molecular flexibility index (Phi) is 11.3. The van der Waals surface area contributed by atoms with E-state index in [1.54, 1.807) is 0 Å². The predicted molar refractivity (Wildman–Crippen MR) is 150 cm³/mol. The first kappa shape index (κ1) is 28.5. The fraction of sp³-hybridized carbons (Fsp3) is 0.935. The summed E-state index contributed by atoms with van der Waals surface area (Å²) in [7, 11) is 0. The molecule has 0 aromatic carbocycles. The van der Waals surface area contributed by atoms with Crippen LogP contribution >= 0.6 is 15.9 Å². The minimum absolute atomic E-state index is 0.0451. The monoisotopic (exact) mass is 582 g/mol. The zero-order chi connectivity index (χ0) is 25.5. The number of ether oxygens (including phenoxy) is 5. The molecule has 3 aliphatic heterocycles. The number of rotatable bonds is 11. The van der Waals surface area contributed by atoms with Crippen LogP contribution in [0.15, 0.2) is 12.2 Å². The highest BCUT2D eigenvalue weighted by Crippen LogP contribution is 2.48. The zero-order valence-corrected chi connectivity index (χ0v) is 24.7. The minimum atomic E-state index is -0.0567. The molecule has 212 valence electrons. The van der Waals surface area contributed by atoms with Crippen molar-refractivity contribution in [2.75, 3.05) is 13.2 Å². The molecule has 2 aliphatic carbocycles. The predicted octanol–water partition coefficient (Wildman–Crippen LogP) is 7.69. The van der Waals surface area contributed by atoms with Crippen LogP contribution in [0.25, 0.3) is 0 Å². The number of hydrogen-bond donors (Lipinski definition) is 0. The molecule has 37 heavy (non-hydrogen) atoms. The second-order valence-corrected chi connectivity index (χ2v) is 13.4. The van der Waals surface area contributed by atoms with E-state index >= 15 is 0 Å². The van der Waals surface area contributed by atoms with Gasteiger partial charge in [0.25, 0.3) is 0 Å². The second-order valence-electron chi connectivity index (χ2n) is 12.2. The van der Waals surface area contributed by atoms with Crippen LogP contribution in [-0.4, -0.2) is 55.0 Å². The molecule has 0 amide bonds. The largest absolute Gasteiger partial charge is 0.373 e. The third-order valence-electron chi connectivity index (χ3n) is 9.51. The summed E-state index contributed by atoms with van der Waals surface area (Å²) in [6, 6.07) is 0. The normalized spacial score (nSPS) is 39.1. The van der Waals surface area contributed by atoms with Gasteiger partial charge < -0.3 is 23.7 Å². The van der Waals surface area contributed by atoms with Gasteiger partial charge in [-0.25, -0.2) is 0 Å². The van der Waals surface area contributed by atoms with Gasteiger partial charge in [-0.1, -0.05) is 67.1 Å². The molecule has 2 saturated carbocycles. The quantitative estimate of drug-likeness (QED) is 0.184. The van der Waals surface area contributed by atoms with Crippen molar-refractivity contribution in [3.63, 3.8) is 0 Å². The van der Waals surface area contributed by atoms with Crippen molar-refractivity contribution in [3.05, 3.63) is 12.2 Å². The van der Waals surface area contributed by atoms with Gasteiger partial charge in [0, 0.05) is 30.4 Å². The Hall–Kier alpha value is 0.0200. The Balaban J connectivity index is 1.29. The van der Waals surface area contributed by atoms with Crippen molar-refractivity contribution < 1.29 is 23.7 Å². The molecule has 5 fully saturated rings. The number of alkyl halides is 1. The highest BCUT2D eigenvalue weighted by molar-refractivity contribution is 9.09. The smallest absolute Gasteiger partial charge is 0.158 e. The lowest BCUT2D eigenvalue weighted by molar-refractivity contribution is -0.195. The summed E-state index contributed by atoms with van der Waals surface area (Å²) in [4.78, 5) is 0.450. The molecule has 6 heteroatoms. The number of hydrogen-bond acceptors (Lipinski definition) is 5. The fourth-order valence-electron chi connectivity index (χ4n) is 7.35. The Morgan fingerprint density at radius 3 is 2.32 bits per heavy atom. The minimum Gasteiger partial charge on any atom is -0.373 e. The summed E-state index contributed by atoms with van der Waals surface area (Å²) in [6.07, 6.45) is 24.7. The van der Waals surface area contributed by atoms with Crippen LogP contribution in [0.2, 0.25) is 0 Å². The lowest BCUT2D eigenvalue weighted by Gasteiger charge is -2.33. The van der Waals surface area contributed by atoms with E-state index in [0.29, 0.717) is 28.7 Å². The molecule has 4 unspecified atom stereocenters. The average molecular weight is 584 g/mol. The maximum atomic E-state index is 6.69. The van der Waals surface area contributed by atoms with Crippen molar-refractivity contribution in [2.45, 2.75) is 151 Å². The third-order valence-corrected chi connectivity index (χ3v) is 10.6. The molecule has 5 aliphatic rings. The van der Waals surface area contributed by atoms with Crippen molar-refractivity contribution >= 4 is 15.9 Å². The lowest BCUT2D eigenvalue weighted by atomic mass is 9.83. The van der Waals surface area contributed by atoms with Crippen molar-refractivity contribution in [3.8, 4) is 0 Å². The molecule has 3 saturated heterocycles. The molecule has 0 radical (unpaired) electrons. The molecular formula is C31H51BrO5. The van der Waals surface area contributed by atoms with Gasteiger partial charge in [0.15, 0.2) is 12.6 Å². The SMILES string of the molecule is CCCCC(Br)C1C[C@@H]2[C@@H](/C=C/[C@@H](OC3CCCCO3)C3CCCCC3)[C@H](OC3CCCCO3)C[C@@H]2O1. The van der Waals surface area contributed by atoms with Crippen LogP contribution in [0.3, 0.4) is 0 Å². The Morgan fingerprint density at radius 2 is 1.62 bits per heavy atom. The lowest BCUT2D eigenvalue weighted by Crippen LogP contribution is -2.34. The Labute approximate surface area is 233 Å². The van der Waals surface area contributed by atoms with Crippen LogP contribution in [0.1, 0.15) is 110 Å². The summed E-state index contributed by atoms with van der Waals surface area (Å²) in [5.41, 5.74) is 0. The third kappa shape index (κ3) is 7.82. The summed E-state index contributed by atoms with van der Waals surface area (Å²) in [5, 5.41) is 0. The molecule has 0 aromatic rings. The molecule has 0 spiro atoms. The summed E-state index contributed by atoms with van der Waals surface area (Å²) in [6.45, 7) is 3.92. The average Bonchev–Trinajstić information content (AvgIpc) is 3.49. The topological polar surface area (TPSA) is 46.2 Å². The van der Waals surface area contributed by atoms with E-state index in [4.69, 9.17) is 23.7 Å². The maximum absolute atomic E-state index is 6.69. The van der Waals surface area contributed by atoms with E-state index in [1.165, 1.54) is 64.2 Å². The van der Waals surface area contributed by atoms with E-state index in [-0.39, 0.29) is 30.9 Å². The molecule has 0 aromatic heterocycles. The van der Waals surface area contributed by atoms with Gasteiger partial charge >= 0.3 is 0 Å². The number of fused-ring (bicyclic) bond motifs is 1. The molecule has 3 heterocycles. The van der Waals surface area contributed by atoms with Crippen LogP contribution in [0.4, 0.5) is 0 Å². The summed E-state index contributed by atoms with van der Waals surface area (Å²) < 4.78 is 32.0. The van der Waals surface area contributed by atoms with Gasteiger partial charge in [0.05, 0.1) is 24.4 Å². The van der Waals surface area contributed by atoms with Crippen molar-refractivity contribution in [2.24, 2.45) is 17.8 Å². The van der Waals surface area contributed by atoms with Gasteiger partial charge in [-0.05, 0) is 76.0 Å². The highest BCUT2D eigenvalue weighted by atomic mass is 79.9. The molecule has 9 atom stereocenters. The molecule has 0 N–H and O–H groups in total. The maximum Gasteiger partial charge on any atom is 0.158 e. The van der Waals surface area contributed by atoms with Gasteiger partial charge in [-0.15, -0.1) is 0 Å². The van der Waals surface area contributed by atoms with Crippen molar-refractivity contribution in [1.82, 2.24) is 0 Å². The first-order valence-electron chi connectivity index (χ1n) is 15.7. The van der Waals surface area contributed by atoms with Crippen LogP contribution < -0.4 is 0 Å². The van der Waals surface area contributed by atoms with E-state index in [1.807, 2.05) is 0 Å². The second kappa shape index (κ2) is 14.6. The molecular weight excluding hydrogens is 532 g/mol. The standard InChI is InChI=1S/C31H51BrO5/c1-2-3-13-25(32)29-20-24-23(27(21-28(24)35-29)37-31-15-8-10-19-34-31)16-17-26(22-11-5-4-6-12-22)36-30-14-7-9-18-33-30/h16-17,22-31H,2-15,18-21H2,1H3/b17-16+/t23-,24-,25?,26-,27-,28+,29?,30?,31?/m1/s1. The van der Waals surface area contributed by atoms with Gasteiger partial charge in [-0.2, -0.15) is 0 Å². The molecule has 5 nitrogen and oxygen atoms in total. The van der Waals surface area contributed by atoms with E-state index in [9.17, 15) is 0 Å². The van der Waals surface area contributed by atoms with E-state index in [0.717, 1.165) is 51.7 Å². The molecule has 5 rings (SSSR count). The van der Waals surface area contributed by atoms with Crippen LogP contribution in [0.5, 0.6) is 0 Å². The van der Waals surface area contributed by atoms with E-state index in [2.05, 4.69) is 35.0 Å². The summed E-state index contributed by atoms with van der Waals surface area (Å²) in [5.74, 6) is 1.46. The Morgan fingerprint density at radius 1 is 0.892 bits per heavy atom. The van der Waals surface area contributed by atoms with Gasteiger partial charge in [-0.3, -0.25) is 0 Å². The first-order valence-corrected chi connectivity index (χ1v) is 16.6. The van der Waals surface area contributed by atoms with E-state index < -0.39 is 0 Å². The Bertz CT molecular complexity index is 685.